The Balaban J connectivity index is 1.84. The normalized spacial score (nSPS) is 20.8. The van der Waals surface area contributed by atoms with Crippen LogP contribution in [-0.2, 0) is 18.3 Å². The molecule has 1 aromatic rings. The molecule has 1 saturated heterocycles. The summed E-state index contributed by atoms with van der Waals surface area (Å²) in [6, 6.07) is 1.96. The molecule has 0 aromatic carbocycles. The van der Waals surface area contributed by atoms with Crippen molar-refractivity contribution in [2.24, 2.45) is 13.0 Å². The minimum absolute atomic E-state index is 0.103. The molecule has 1 atom stereocenters. The third kappa shape index (κ3) is 2.41. The average Bonchev–Trinajstić information content (AvgIpc) is 2.82. The molecule has 1 aromatic heterocycles. The summed E-state index contributed by atoms with van der Waals surface area (Å²) in [5.41, 5.74) is 1.00. The smallest absolute Gasteiger partial charge is 0.223 e. The monoisotopic (exact) mass is 223 g/mol. The Hall–Kier alpha value is -1.36. The van der Waals surface area contributed by atoms with Crippen molar-refractivity contribution >= 4 is 5.91 Å². The lowest BCUT2D eigenvalue weighted by atomic mass is 10.1. The van der Waals surface area contributed by atoms with Gasteiger partial charge in [-0.15, -0.1) is 0 Å². The zero-order valence-corrected chi connectivity index (χ0v) is 9.46. The Labute approximate surface area is 94.7 Å². The summed E-state index contributed by atoms with van der Waals surface area (Å²) in [6.07, 6.45) is 3.17. The maximum Gasteiger partial charge on any atom is 0.223 e. The van der Waals surface area contributed by atoms with E-state index in [0.717, 1.165) is 12.1 Å². The van der Waals surface area contributed by atoms with Crippen molar-refractivity contribution in [1.29, 1.82) is 0 Å². The third-order valence-electron chi connectivity index (χ3n) is 2.96. The summed E-state index contributed by atoms with van der Waals surface area (Å²) in [5, 5.41) is 13.3. The number of aryl methyl sites for hydroxylation is 1. The fraction of sp³-hybridized carbons (Fsp3) is 0.636. The van der Waals surface area contributed by atoms with Gasteiger partial charge >= 0.3 is 0 Å². The first-order valence-corrected chi connectivity index (χ1v) is 5.56. The number of amides is 1. The molecule has 1 aliphatic rings. The van der Waals surface area contributed by atoms with Gasteiger partial charge in [0.25, 0.3) is 0 Å². The quantitative estimate of drug-likeness (QED) is 0.769. The molecule has 1 aliphatic heterocycles. The van der Waals surface area contributed by atoms with Gasteiger partial charge in [0, 0.05) is 51.7 Å². The Kier molecular flexibility index (Phi) is 3.24. The van der Waals surface area contributed by atoms with E-state index in [1.54, 1.807) is 4.68 Å². The van der Waals surface area contributed by atoms with E-state index < -0.39 is 0 Å². The van der Waals surface area contributed by atoms with Crippen molar-refractivity contribution in [3.05, 3.63) is 18.0 Å². The molecule has 0 aliphatic carbocycles. The second-order valence-electron chi connectivity index (χ2n) is 4.32. The van der Waals surface area contributed by atoms with Gasteiger partial charge in [-0.25, -0.2) is 0 Å². The summed E-state index contributed by atoms with van der Waals surface area (Å²) in [5.74, 6) is 0.270. The molecule has 1 unspecified atom stereocenters. The zero-order valence-electron chi connectivity index (χ0n) is 9.46. The molecule has 0 saturated carbocycles. The molecule has 1 amide bonds. The minimum atomic E-state index is 0.103. The first kappa shape index (κ1) is 11.1. The molecular formula is C11H17N3O2. The summed E-state index contributed by atoms with van der Waals surface area (Å²) < 4.78 is 1.76. The fourth-order valence-electron chi connectivity index (χ4n) is 2.04. The van der Waals surface area contributed by atoms with Crippen molar-refractivity contribution in [3.63, 3.8) is 0 Å². The second kappa shape index (κ2) is 4.65. The van der Waals surface area contributed by atoms with Crippen LogP contribution in [0.15, 0.2) is 12.3 Å². The highest BCUT2D eigenvalue weighted by atomic mass is 16.3. The van der Waals surface area contributed by atoms with Crippen molar-refractivity contribution in [1.82, 2.24) is 14.7 Å². The number of likely N-dealkylation sites (tertiary alicyclic amines) is 1. The molecule has 5 nitrogen and oxygen atoms in total. The van der Waals surface area contributed by atoms with Crippen LogP contribution in [0.2, 0.25) is 0 Å². The molecule has 1 N–H and O–H groups in total. The van der Waals surface area contributed by atoms with E-state index in [1.807, 2.05) is 24.2 Å². The minimum Gasteiger partial charge on any atom is -0.396 e. The van der Waals surface area contributed by atoms with E-state index in [0.29, 0.717) is 19.5 Å². The maximum absolute atomic E-state index is 11.6. The van der Waals surface area contributed by atoms with Crippen LogP contribution in [-0.4, -0.2) is 45.4 Å². The molecule has 0 radical (unpaired) electrons. The summed E-state index contributed by atoms with van der Waals surface area (Å²) in [4.78, 5) is 13.4. The van der Waals surface area contributed by atoms with Gasteiger partial charge in [-0.3, -0.25) is 9.48 Å². The number of rotatable bonds is 4. The van der Waals surface area contributed by atoms with Crippen molar-refractivity contribution < 1.29 is 9.90 Å². The van der Waals surface area contributed by atoms with Crippen LogP contribution < -0.4 is 0 Å². The van der Waals surface area contributed by atoms with Crippen LogP contribution in [0, 0.1) is 5.92 Å². The van der Waals surface area contributed by atoms with Crippen LogP contribution in [0.4, 0.5) is 0 Å². The van der Waals surface area contributed by atoms with E-state index in [1.165, 1.54) is 0 Å². The summed E-state index contributed by atoms with van der Waals surface area (Å²) >= 11 is 0. The molecular weight excluding hydrogens is 206 g/mol. The zero-order chi connectivity index (χ0) is 11.5. The Morgan fingerprint density at radius 2 is 2.44 bits per heavy atom. The molecule has 2 heterocycles. The van der Waals surface area contributed by atoms with E-state index in [-0.39, 0.29) is 18.4 Å². The van der Waals surface area contributed by atoms with E-state index >= 15 is 0 Å². The van der Waals surface area contributed by atoms with Crippen molar-refractivity contribution in [3.8, 4) is 0 Å². The van der Waals surface area contributed by atoms with Crippen LogP contribution >= 0.6 is 0 Å². The number of hydrogen-bond acceptors (Lipinski definition) is 3. The van der Waals surface area contributed by atoms with Gasteiger partial charge in [0.05, 0.1) is 5.69 Å². The molecule has 5 heteroatoms. The second-order valence-corrected chi connectivity index (χ2v) is 4.32. The van der Waals surface area contributed by atoms with Crippen LogP contribution in [0.1, 0.15) is 12.1 Å². The lowest BCUT2D eigenvalue weighted by Gasteiger charge is -2.15. The Morgan fingerprint density at radius 1 is 1.62 bits per heavy atom. The predicted octanol–water partition coefficient (Wildman–Crippen LogP) is -0.197. The molecule has 2 rings (SSSR count). The van der Waals surface area contributed by atoms with Gasteiger partial charge in [-0.1, -0.05) is 0 Å². The Bertz CT molecular complexity index is 375. The van der Waals surface area contributed by atoms with Gasteiger partial charge < -0.3 is 10.0 Å². The largest absolute Gasteiger partial charge is 0.396 e. The van der Waals surface area contributed by atoms with Gasteiger partial charge in [-0.05, 0) is 6.07 Å². The highest BCUT2D eigenvalue weighted by Crippen LogP contribution is 2.17. The number of nitrogens with zero attached hydrogens (tertiary/aromatic N) is 3. The number of aliphatic hydroxyl groups is 1. The van der Waals surface area contributed by atoms with Crippen molar-refractivity contribution in [2.75, 3.05) is 19.7 Å². The SMILES string of the molecule is Cn1ccc(CCN2CC(CO)CC2=O)n1. The number of aromatic nitrogens is 2. The lowest BCUT2D eigenvalue weighted by molar-refractivity contribution is -0.127. The molecule has 1 fully saturated rings. The number of aliphatic hydroxyl groups excluding tert-OH is 1. The van der Waals surface area contributed by atoms with Gasteiger partial charge in [-0.2, -0.15) is 5.10 Å². The van der Waals surface area contributed by atoms with Gasteiger partial charge in [0.1, 0.15) is 0 Å². The van der Waals surface area contributed by atoms with Crippen LogP contribution in [0.3, 0.4) is 0 Å². The molecule has 0 bridgehead atoms. The molecule has 0 spiro atoms. The van der Waals surface area contributed by atoms with Crippen LogP contribution in [0.25, 0.3) is 0 Å². The maximum atomic E-state index is 11.6. The summed E-state index contributed by atoms with van der Waals surface area (Å²) in [6.45, 7) is 1.49. The first-order chi connectivity index (χ1) is 7.69. The van der Waals surface area contributed by atoms with Gasteiger partial charge in [0.2, 0.25) is 5.91 Å². The van der Waals surface area contributed by atoms with E-state index in [2.05, 4.69) is 5.10 Å². The standard InChI is InChI=1S/C11H17N3O2/c1-13-4-2-10(12-13)3-5-14-7-9(8-15)6-11(14)16/h2,4,9,15H,3,5-8H2,1H3. The molecule has 16 heavy (non-hydrogen) atoms. The Morgan fingerprint density at radius 3 is 3.00 bits per heavy atom. The van der Waals surface area contributed by atoms with Gasteiger partial charge in [0.15, 0.2) is 0 Å². The number of hydrogen-bond donors (Lipinski definition) is 1. The van der Waals surface area contributed by atoms with E-state index in [4.69, 9.17) is 5.11 Å². The predicted molar refractivity (Wildman–Crippen MR) is 58.7 cm³/mol. The fourth-order valence-corrected chi connectivity index (χ4v) is 2.04. The first-order valence-electron chi connectivity index (χ1n) is 5.56. The number of carbonyl (C=O) groups is 1. The molecule has 88 valence electrons. The highest BCUT2D eigenvalue weighted by Gasteiger charge is 2.28. The lowest BCUT2D eigenvalue weighted by Crippen LogP contribution is -2.28. The number of carbonyl (C=O) groups excluding carboxylic acids is 1. The van der Waals surface area contributed by atoms with E-state index in [9.17, 15) is 4.79 Å². The summed E-state index contributed by atoms with van der Waals surface area (Å²) in [7, 11) is 1.88. The average molecular weight is 223 g/mol. The topological polar surface area (TPSA) is 58.4 Å². The van der Waals surface area contributed by atoms with Crippen LogP contribution in [0.5, 0.6) is 0 Å². The van der Waals surface area contributed by atoms with Crippen molar-refractivity contribution in [2.45, 2.75) is 12.8 Å². The highest BCUT2D eigenvalue weighted by molar-refractivity contribution is 5.78. The third-order valence-corrected chi connectivity index (χ3v) is 2.96.